The molecule has 0 aliphatic rings. The van der Waals surface area contributed by atoms with Crippen molar-refractivity contribution in [2.45, 2.75) is 12.1 Å². The zero-order valence-corrected chi connectivity index (χ0v) is 11.3. The van der Waals surface area contributed by atoms with Crippen molar-refractivity contribution in [1.82, 2.24) is 9.55 Å². The summed E-state index contributed by atoms with van der Waals surface area (Å²) < 4.78 is 14.6. The summed E-state index contributed by atoms with van der Waals surface area (Å²) in [4.78, 5) is 3.90. The molecule has 3 nitrogen and oxygen atoms in total. The highest BCUT2D eigenvalue weighted by atomic mass is 35.5. The van der Waals surface area contributed by atoms with Crippen LogP contribution >= 0.6 is 23.2 Å². The van der Waals surface area contributed by atoms with Crippen LogP contribution in [0.15, 0.2) is 53.6 Å². The summed E-state index contributed by atoms with van der Waals surface area (Å²) in [5.41, 5.74) is -0.950. The lowest BCUT2D eigenvalue weighted by molar-refractivity contribution is 0.0695. The number of halogens is 3. The van der Waals surface area contributed by atoms with Crippen molar-refractivity contribution in [3.8, 4) is 0 Å². The fraction of sp³-hybridized carbons (Fsp3) is 0.154. The van der Waals surface area contributed by atoms with Crippen LogP contribution in [0.5, 0.6) is 0 Å². The lowest BCUT2D eigenvalue weighted by Crippen LogP contribution is -2.29. The van der Waals surface area contributed by atoms with Gasteiger partial charge in [0, 0.05) is 12.4 Å². The maximum absolute atomic E-state index is 13.0. The van der Waals surface area contributed by atoms with Crippen molar-refractivity contribution in [3.05, 3.63) is 64.9 Å². The molecule has 1 aromatic carbocycles. The van der Waals surface area contributed by atoms with Gasteiger partial charge in [-0.25, -0.2) is 9.37 Å². The van der Waals surface area contributed by atoms with Gasteiger partial charge in [0.15, 0.2) is 0 Å². The Hall–Kier alpha value is -1.36. The van der Waals surface area contributed by atoms with Gasteiger partial charge in [-0.05, 0) is 23.8 Å². The van der Waals surface area contributed by atoms with Crippen LogP contribution in [0.25, 0.3) is 0 Å². The highest BCUT2D eigenvalue weighted by Crippen LogP contribution is 2.28. The molecule has 100 valence electrons. The van der Waals surface area contributed by atoms with Crippen LogP contribution in [0.4, 0.5) is 4.39 Å². The number of imidazole rings is 1. The van der Waals surface area contributed by atoms with Gasteiger partial charge in [-0.1, -0.05) is 35.3 Å². The first kappa shape index (κ1) is 14.1. The first-order valence-electron chi connectivity index (χ1n) is 5.48. The molecule has 1 unspecified atom stereocenters. The van der Waals surface area contributed by atoms with E-state index < -0.39 is 5.60 Å². The van der Waals surface area contributed by atoms with Crippen LogP contribution in [0.1, 0.15) is 5.56 Å². The Bertz CT molecular complexity index is 565. The Labute approximate surface area is 119 Å². The molecule has 0 saturated carbocycles. The second-order valence-electron chi connectivity index (χ2n) is 4.10. The van der Waals surface area contributed by atoms with Gasteiger partial charge in [0.05, 0.1) is 12.9 Å². The fourth-order valence-corrected chi connectivity index (χ4v) is 2.16. The molecule has 2 rings (SSSR count). The van der Waals surface area contributed by atoms with E-state index in [2.05, 4.69) is 4.98 Å². The van der Waals surface area contributed by atoms with E-state index in [0.717, 1.165) is 0 Å². The van der Waals surface area contributed by atoms with E-state index in [9.17, 15) is 9.50 Å². The van der Waals surface area contributed by atoms with E-state index in [0.29, 0.717) is 5.56 Å². The van der Waals surface area contributed by atoms with Crippen LogP contribution in [-0.4, -0.2) is 14.7 Å². The molecular formula is C13H11Cl2FN2O. The Morgan fingerprint density at radius 3 is 2.58 bits per heavy atom. The molecule has 0 aliphatic carbocycles. The fourth-order valence-electron chi connectivity index (χ4n) is 1.80. The molecule has 0 radical (unpaired) electrons. The highest BCUT2D eigenvalue weighted by molar-refractivity contribution is 6.55. The molecule has 19 heavy (non-hydrogen) atoms. The molecular weight excluding hydrogens is 290 g/mol. The third-order valence-electron chi connectivity index (χ3n) is 2.67. The zero-order chi connectivity index (χ0) is 13.9. The molecule has 6 heteroatoms. The number of benzene rings is 1. The largest absolute Gasteiger partial charge is 0.379 e. The summed E-state index contributed by atoms with van der Waals surface area (Å²) in [6.07, 6.45) is 6.16. The number of nitrogens with zero attached hydrogens (tertiary/aromatic N) is 2. The third-order valence-corrected chi connectivity index (χ3v) is 2.89. The van der Waals surface area contributed by atoms with E-state index >= 15 is 0 Å². The summed E-state index contributed by atoms with van der Waals surface area (Å²) in [7, 11) is 0. The molecule has 0 saturated heterocycles. The molecule has 0 fully saturated rings. The molecule has 1 heterocycles. The first-order valence-corrected chi connectivity index (χ1v) is 6.23. The normalized spacial score (nSPS) is 13.9. The van der Waals surface area contributed by atoms with Crippen molar-refractivity contribution in [3.63, 3.8) is 0 Å². The van der Waals surface area contributed by atoms with Crippen LogP contribution < -0.4 is 0 Å². The van der Waals surface area contributed by atoms with Gasteiger partial charge in [-0.2, -0.15) is 0 Å². The smallest absolute Gasteiger partial charge is 0.128 e. The lowest BCUT2D eigenvalue weighted by atomic mass is 9.93. The van der Waals surface area contributed by atoms with E-state index in [4.69, 9.17) is 23.2 Å². The summed E-state index contributed by atoms with van der Waals surface area (Å²) >= 11 is 11.3. The van der Waals surface area contributed by atoms with E-state index in [1.54, 1.807) is 23.3 Å². The summed E-state index contributed by atoms with van der Waals surface area (Å²) in [5.74, 6) is -0.380. The van der Waals surface area contributed by atoms with Crippen molar-refractivity contribution >= 4 is 23.2 Å². The first-order chi connectivity index (χ1) is 8.99. The minimum atomic E-state index is -1.44. The van der Waals surface area contributed by atoms with Crippen molar-refractivity contribution in [1.29, 1.82) is 0 Å². The van der Waals surface area contributed by atoms with E-state index in [1.165, 1.54) is 30.3 Å². The Kier molecular flexibility index (Phi) is 4.24. The monoisotopic (exact) mass is 300 g/mol. The minimum Gasteiger partial charge on any atom is -0.379 e. The number of hydrogen-bond acceptors (Lipinski definition) is 2. The third kappa shape index (κ3) is 3.56. The molecule has 0 spiro atoms. The minimum absolute atomic E-state index is 0.0630. The predicted octanol–water partition coefficient (Wildman–Crippen LogP) is 3.23. The van der Waals surface area contributed by atoms with Crippen LogP contribution in [0, 0.1) is 5.82 Å². The van der Waals surface area contributed by atoms with E-state index in [-0.39, 0.29) is 16.9 Å². The standard InChI is InChI=1S/C13H11Cl2FN2O/c14-12(15)7-13(19,8-18-6-5-17-9-18)10-1-3-11(16)4-2-10/h1-7,9,19H,8H2. The molecule has 0 amide bonds. The summed E-state index contributed by atoms with van der Waals surface area (Å²) in [5, 5.41) is 10.7. The maximum atomic E-state index is 13.0. The molecule has 1 N–H and O–H groups in total. The number of rotatable bonds is 4. The molecule has 0 aliphatic heterocycles. The summed E-state index contributed by atoms with van der Waals surface area (Å²) in [6, 6.07) is 5.51. The average molecular weight is 301 g/mol. The van der Waals surface area contributed by atoms with Gasteiger partial charge in [0.1, 0.15) is 15.9 Å². The highest BCUT2D eigenvalue weighted by Gasteiger charge is 2.28. The maximum Gasteiger partial charge on any atom is 0.128 e. The van der Waals surface area contributed by atoms with Crippen molar-refractivity contribution in [2.75, 3.05) is 0 Å². The molecule has 2 aromatic rings. The van der Waals surface area contributed by atoms with Gasteiger partial charge in [-0.15, -0.1) is 0 Å². The molecule has 1 aromatic heterocycles. The molecule has 1 atom stereocenters. The van der Waals surface area contributed by atoms with E-state index in [1.807, 2.05) is 0 Å². The lowest BCUT2D eigenvalue weighted by Gasteiger charge is -2.25. The Morgan fingerprint density at radius 2 is 2.05 bits per heavy atom. The second-order valence-corrected chi connectivity index (χ2v) is 5.11. The Morgan fingerprint density at radius 1 is 1.37 bits per heavy atom. The summed E-state index contributed by atoms with van der Waals surface area (Å²) in [6.45, 7) is 0.168. The van der Waals surface area contributed by atoms with Crippen LogP contribution in [0.2, 0.25) is 0 Å². The average Bonchev–Trinajstić information content (AvgIpc) is 2.81. The van der Waals surface area contributed by atoms with Crippen LogP contribution in [0.3, 0.4) is 0 Å². The van der Waals surface area contributed by atoms with Gasteiger partial charge in [0.25, 0.3) is 0 Å². The van der Waals surface area contributed by atoms with Gasteiger partial charge in [0.2, 0.25) is 0 Å². The van der Waals surface area contributed by atoms with Gasteiger partial charge >= 0.3 is 0 Å². The Balaban J connectivity index is 2.39. The predicted molar refractivity (Wildman–Crippen MR) is 72.3 cm³/mol. The quantitative estimate of drug-likeness (QED) is 0.941. The number of aliphatic hydroxyl groups is 1. The molecule has 0 bridgehead atoms. The van der Waals surface area contributed by atoms with Crippen molar-refractivity contribution < 1.29 is 9.50 Å². The zero-order valence-electron chi connectivity index (χ0n) is 9.80. The van der Waals surface area contributed by atoms with Crippen molar-refractivity contribution in [2.24, 2.45) is 0 Å². The van der Waals surface area contributed by atoms with Crippen LogP contribution in [-0.2, 0) is 12.1 Å². The van der Waals surface area contributed by atoms with Gasteiger partial charge < -0.3 is 9.67 Å². The SMILES string of the molecule is OC(C=C(Cl)Cl)(Cn1ccnc1)c1ccc(F)cc1. The second kappa shape index (κ2) is 5.74. The van der Waals surface area contributed by atoms with Gasteiger partial charge in [-0.3, -0.25) is 0 Å². The number of hydrogen-bond donors (Lipinski definition) is 1. The number of aromatic nitrogens is 2. The topological polar surface area (TPSA) is 38.0 Å².